The molecule has 4 heteroatoms. The van der Waals surface area contributed by atoms with Crippen molar-refractivity contribution < 1.29 is 13.9 Å². The number of rotatable bonds is 5. The number of aryl methyl sites for hydroxylation is 1. The van der Waals surface area contributed by atoms with Gasteiger partial charge in [-0.25, -0.2) is 9.18 Å². The van der Waals surface area contributed by atoms with Crippen LogP contribution in [-0.2, 0) is 9.53 Å². The van der Waals surface area contributed by atoms with Crippen LogP contribution in [0.3, 0.4) is 0 Å². The Morgan fingerprint density at radius 3 is 2.83 bits per heavy atom. The van der Waals surface area contributed by atoms with E-state index in [0.717, 1.165) is 24.0 Å². The van der Waals surface area contributed by atoms with Gasteiger partial charge in [0.15, 0.2) is 0 Å². The molecule has 1 fully saturated rings. The first kappa shape index (κ1) is 13.0. The molecule has 1 atom stereocenters. The van der Waals surface area contributed by atoms with Crippen LogP contribution in [0.4, 0.5) is 4.39 Å². The molecular weight excluding hydrogens is 233 g/mol. The van der Waals surface area contributed by atoms with Gasteiger partial charge in [-0.2, -0.15) is 0 Å². The van der Waals surface area contributed by atoms with E-state index in [2.05, 4.69) is 5.32 Å². The van der Waals surface area contributed by atoms with Gasteiger partial charge in [0.1, 0.15) is 11.9 Å². The van der Waals surface area contributed by atoms with E-state index in [1.165, 1.54) is 12.1 Å². The van der Waals surface area contributed by atoms with Crippen molar-refractivity contribution in [3.63, 3.8) is 0 Å². The Hall–Kier alpha value is -1.42. The van der Waals surface area contributed by atoms with Crippen LogP contribution >= 0.6 is 0 Å². The van der Waals surface area contributed by atoms with Crippen LogP contribution in [0.5, 0.6) is 0 Å². The molecule has 18 heavy (non-hydrogen) atoms. The highest BCUT2D eigenvalue weighted by molar-refractivity contribution is 5.78. The first-order valence-corrected chi connectivity index (χ1v) is 6.30. The number of carbonyl (C=O) groups excluding carboxylic acids is 1. The number of hydrogen-bond donors (Lipinski definition) is 1. The molecule has 1 saturated carbocycles. The molecular formula is C14H18FNO2. The molecule has 0 bridgehead atoms. The van der Waals surface area contributed by atoms with Crippen LogP contribution in [0.2, 0.25) is 0 Å². The van der Waals surface area contributed by atoms with Crippen molar-refractivity contribution in [1.82, 2.24) is 5.32 Å². The average molecular weight is 251 g/mol. The third-order valence-electron chi connectivity index (χ3n) is 3.04. The summed E-state index contributed by atoms with van der Waals surface area (Å²) in [5.41, 5.74) is 1.56. The normalized spacial score (nSPS) is 16.4. The summed E-state index contributed by atoms with van der Waals surface area (Å²) >= 11 is 0. The number of halogens is 1. The van der Waals surface area contributed by atoms with Crippen LogP contribution in [0.15, 0.2) is 18.2 Å². The Kier molecular flexibility index (Phi) is 3.97. The lowest BCUT2D eigenvalue weighted by atomic mass is 10.0. The van der Waals surface area contributed by atoms with Gasteiger partial charge in [0, 0.05) is 6.04 Å². The molecule has 1 aliphatic rings. The molecule has 2 rings (SSSR count). The van der Waals surface area contributed by atoms with Gasteiger partial charge in [-0.3, -0.25) is 5.32 Å². The molecule has 3 nitrogen and oxygen atoms in total. The second kappa shape index (κ2) is 5.48. The molecule has 1 aliphatic carbocycles. The van der Waals surface area contributed by atoms with Crippen LogP contribution < -0.4 is 5.32 Å². The van der Waals surface area contributed by atoms with Crippen molar-refractivity contribution in [1.29, 1.82) is 0 Å². The third kappa shape index (κ3) is 3.07. The SMILES string of the molecule is CCOC(=O)C(NC1CC1)c1ccc(F)cc1C. The minimum Gasteiger partial charge on any atom is -0.465 e. The van der Waals surface area contributed by atoms with E-state index in [1.54, 1.807) is 19.9 Å². The maximum atomic E-state index is 13.1. The summed E-state index contributed by atoms with van der Waals surface area (Å²) in [6, 6.07) is 4.36. The van der Waals surface area contributed by atoms with Crippen molar-refractivity contribution in [2.75, 3.05) is 6.61 Å². The third-order valence-corrected chi connectivity index (χ3v) is 3.04. The maximum Gasteiger partial charge on any atom is 0.327 e. The number of benzene rings is 1. The summed E-state index contributed by atoms with van der Waals surface area (Å²) in [5, 5.41) is 3.26. The molecule has 0 heterocycles. The first-order valence-electron chi connectivity index (χ1n) is 6.30. The van der Waals surface area contributed by atoms with Crippen molar-refractivity contribution in [3.05, 3.63) is 35.1 Å². The molecule has 1 aromatic rings. The highest BCUT2D eigenvalue weighted by Gasteiger charge is 2.31. The molecule has 1 N–H and O–H groups in total. The molecule has 0 aliphatic heterocycles. The maximum absolute atomic E-state index is 13.1. The smallest absolute Gasteiger partial charge is 0.327 e. The summed E-state index contributed by atoms with van der Waals surface area (Å²) in [5.74, 6) is -0.579. The first-order chi connectivity index (χ1) is 8.61. The number of ether oxygens (including phenoxy) is 1. The van der Waals surface area contributed by atoms with Crippen molar-refractivity contribution in [3.8, 4) is 0 Å². The lowest BCUT2D eigenvalue weighted by Gasteiger charge is -2.19. The summed E-state index contributed by atoms with van der Waals surface area (Å²) in [6.45, 7) is 3.94. The molecule has 0 saturated heterocycles. The van der Waals surface area contributed by atoms with E-state index < -0.39 is 6.04 Å². The Morgan fingerprint density at radius 2 is 2.28 bits per heavy atom. The van der Waals surface area contributed by atoms with E-state index in [9.17, 15) is 9.18 Å². The lowest BCUT2D eigenvalue weighted by molar-refractivity contribution is -0.145. The highest BCUT2D eigenvalue weighted by Crippen LogP contribution is 2.27. The van der Waals surface area contributed by atoms with Gasteiger partial charge in [0.25, 0.3) is 0 Å². The molecule has 1 unspecified atom stereocenters. The highest BCUT2D eigenvalue weighted by atomic mass is 19.1. The Morgan fingerprint density at radius 1 is 1.56 bits per heavy atom. The fourth-order valence-electron chi connectivity index (χ4n) is 1.96. The number of nitrogens with one attached hydrogen (secondary N) is 1. The van der Waals surface area contributed by atoms with Crippen LogP contribution in [0.25, 0.3) is 0 Å². The molecule has 0 aromatic heterocycles. The lowest BCUT2D eigenvalue weighted by Crippen LogP contribution is -2.32. The van der Waals surface area contributed by atoms with Gasteiger partial charge in [-0.05, 0) is 49.9 Å². The van der Waals surface area contributed by atoms with E-state index >= 15 is 0 Å². The summed E-state index contributed by atoms with van der Waals surface area (Å²) in [6.07, 6.45) is 2.16. The van der Waals surface area contributed by atoms with Crippen molar-refractivity contribution in [2.45, 2.75) is 38.8 Å². The van der Waals surface area contributed by atoms with Crippen LogP contribution in [0, 0.1) is 12.7 Å². The second-order valence-corrected chi connectivity index (χ2v) is 4.63. The quantitative estimate of drug-likeness (QED) is 0.817. The van der Waals surface area contributed by atoms with Gasteiger partial charge in [-0.15, -0.1) is 0 Å². The zero-order chi connectivity index (χ0) is 13.1. The minimum atomic E-state index is -0.488. The van der Waals surface area contributed by atoms with Gasteiger partial charge in [0.2, 0.25) is 0 Å². The zero-order valence-electron chi connectivity index (χ0n) is 10.7. The zero-order valence-corrected chi connectivity index (χ0v) is 10.7. The van der Waals surface area contributed by atoms with Gasteiger partial charge in [0.05, 0.1) is 6.61 Å². The summed E-state index contributed by atoms with van der Waals surface area (Å²) in [7, 11) is 0. The van der Waals surface area contributed by atoms with Gasteiger partial charge >= 0.3 is 5.97 Å². The molecule has 0 radical (unpaired) electrons. The van der Waals surface area contributed by atoms with Crippen molar-refractivity contribution >= 4 is 5.97 Å². The minimum absolute atomic E-state index is 0.287. The molecule has 1 aromatic carbocycles. The fourth-order valence-corrected chi connectivity index (χ4v) is 1.96. The molecule has 0 amide bonds. The number of carbonyl (C=O) groups is 1. The standard InChI is InChI=1S/C14H18FNO2/c1-3-18-14(17)13(16-11-5-6-11)12-7-4-10(15)8-9(12)2/h4,7-8,11,13,16H,3,5-6H2,1-2H3. The Balaban J connectivity index is 2.23. The monoisotopic (exact) mass is 251 g/mol. The van der Waals surface area contributed by atoms with Crippen molar-refractivity contribution in [2.24, 2.45) is 0 Å². The summed E-state index contributed by atoms with van der Waals surface area (Å²) < 4.78 is 18.2. The van der Waals surface area contributed by atoms with E-state index in [-0.39, 0.29) is 11.8 Å². The van der Waals surface area contributed by atoms with Crippen LogP contribution in [-0.4, -0.2) is 18.6 Å². The number of hydrogen-bond acceptors (Lipinski definition) is 3. The Labute approximate surface area is 106 Å². The average Bonchev–Trinajstić information content (AvgIpc) is 3.11. The second-order valence-electron chi connectivity index (χ2n) is 4.63. The predicted octanol–water partition coefficient (Wildman–Crippen LogP) is 2.49. The fraction of sp³-hybridized carbons (Fsp3) is 0.500. The number of esters is 1. The topological polar surface area (TPSA) is 38.3 Å². The Bertz CT molecular complexity index is 443. The van der Waals surface area contributed by atoms with E-state index in [4.69, 9.17) is 4.74 Å². The van der Waals surface area contributed by atoms with Gasteiger partial charge in [-0.1, -0.05) is 6.07 Å². The molecule has 0 spiro atoms. The largest absolute Gasteiger partial charge is 0.465 e. The predicted molar refractivity (Wildman–Crippen MR) is 66.7 cm³/mol. The van der Waals surface area contributed by atoms with Gasteiger partial charge < -0.3 is 4.74 Å². The molecule has 98 valence electrons. The van der Waals surface area contributed by atoms with Crippen LogP contribution in [0.1, 0.15) is 36.9 Å². The summed E-state index contributed by atoms with van der Waals surface area (Å²) in [4.78, 5) is 12.0. The van der Waals surface area contributed by atoms with E-state index in [1.807, 2.05) is 0 Å². The van der Waals surface area contributed by atoms with E-state index in [0.29, 0.717) is 12.6 Å².